The number of para-hydroxylation sites is 3. The van der Waals surface area contributed by atoms with E-state index in [2.05, 4.69) is 44.8 Å². The highest BCUT2D eigenvalue weighted by Crippen LogP contribution is 2.35. The SMILES string of the molecule is [Al][O]c1ccccc1-n1nc2cccnc2c1-c1cccc2cccnc12. The molecule has 0 atom stereocenters. The molecule has 0 unspecified atom stereocenters. The van der Waals surface area contributed by atoms with Gasteiger partial charge in [0.2, 0.25) is 0 Å². The first-order valence-corrected chi connectivity index (χ1v) is 8.98. The molecule has 126 valence electrons. The normalized spacial score (nSPS) is 11.1. The van der Waals surface area contributed by atoms with E-state index in [0.717, 1.165) is 38.9 Å². The van der Waals surface area contributed by atoms with E-state index in [4.69, 9.17) is 8.89 Å². The van der Waals surface area contributed by atoms with Crippen molar-refractivity contribution in [2.24, 2.45) is 0 Å². The molecule has 6 heteroatoms. The zero-order chi connectivity index (χ0) is 18.2. The zero-order valence-electron chi connectivity index (χ0n) is 14.3. The van der Waals surface area contributed by atoms with Gasteiger partial charge in [0.15, 0.2) is 0 Å². The first kappa shape index (κ1) is 16.0. The van der Waals surface area contributed by atoms with Crippen LogP contribution in [0.1, 0.15) is 0 Å². The number of rotatable bonds is 3. The van der Waals surface area contributed by atoms with E-state index >= 15 is 0 Å². The lowest BCUT2D eigenvalue weighted by atomic mass is 10.1. The quantitative estimate of drug-likeness (QED) is 0.452. The van der Waals surface area contributed by atoms with E-state index in [9.17, 15) is 0 Å². The fourth-order valence-electron chi connectivity index (χ4n) is 3.36. The van der Waals surface area contributed by atoms with Crippen LogP contribution in [0.25, 0.3) is 38.9 Å². The number of fused-ring (bicyclic) bond motifs is 2. The lowest BCUT2D eigenvalue weighted by Crippen LogP contribution is -2.02. The molecule has 2 aromatic carbocycles. The molecule has 0 N–H and O–H groups in total. The first-order chi connectivity index (χ1) is 13.4. The summed E-state index contributed by atoms with van der Waals surface area (Å²) in [6, 6.07) is 21.8. The number of hydrogen-bond donors (Lipinski definition) is 0. The van der Waals surface area contributed by atoms with Gasteiger partial charge in [-0.2, -0.15) is 5.10 Å². The van der Waals surface area contributed by atoms with Gasteiger partial charge in [-0.15, -0.1) is 0 Å². The molecular formula is C21H13AlN4O. The highest BCUT2D eigenvalue weighted by Gasteiger charge is 2.19. The Morgan fingerprint density at radius 1 is 0.778 bits per heavy atom. The van der Waals surface area contributed by atoms with Crippen LogP contribution in [-0.2, 0) is 0 Å². The molecule has 0 bridgehead atoms. The van der Waals surface area contributed by atoms with Gasteiger partial charge in [-0.1, -0.05) is 36.4 Å². The van der Waals surface area contributed by atoms with Gasteiger partial charge in [0.25, 0.3) is 0 Å². The summed E-state index contributed by atoms with van der Waals surface area (Å²) in [7, 11) is 0. The molecule has 5 aromatic rings. The third kappa shape index (κ3) is 2.58. The fourth-order valence-corrected chi connectivity index (χ4v) is 3.56. The minimum absolute atomic E-state index is 0.713. The fraction of sp³-hybridized carbons (Fsp3) is 0. The number of aromatic nitrogens is 4. The van der Waals surface area contributed by atoms with E-state index in [1.54, 1.807) is 6.20 Å². The summed E-state index contributed by atoms with van der Waals surface area (Å²) in [5.41, 5.74) is 5.27. The van der Waals surface area contributed by atoms with Crippen LogP contribution in [0.5, 0.6) is 5.75 Å². The molecule has 3 aromatic heterocycles. The second kappa shape index (κ2) is 6.51. The third-order valence-corrected chi connectivity index (χ3v) is 4.79. The monoisotopic (exact) mass is 364 g/mol. The summed E-state index contributed by atoms with van der Waals surface area (Å²) < 4.78 is 7.38. The van der Waals surface area contributed by atoms with E-state index in [1.807, 2.05) is 59.4 Å². The topological polar surface area (TPSA) is 52.8 Å². The standard InChI is InChI=1S/C21H14N4O.Al/c26-18-11-2-1-10-17(18)25-21(20-16(24-25)9-5-13-23-20)15-8-3-6-14-7-4-12-22-19(14)15;/h1-13,26H;/q;+1/p-1. The van der Waals surface area contributed by atoms with Gasteiger partial charge in [0, 0.05) is 23.3 Å². The smallest absolute Gasteiger partial charge is 0.482 e. The van der Waals surface area contributed by atoms with Crippen molar-refractivity contribution in [3.63, 3.8) is 0 Å². The highest BCUT2D eigenvalue weighted by atomic mass is 27.1. The first-order valence-electron chi connectivity index (χ1n) is 8.51. The Morgan fingerprint density at radius 2 is 1.56 bits per heavy atom. The van der Waals surface area contributed by atoms with Gasteiger partial charge in [-0.25, -0.2) is 4.68 Å². The Kier molecular flexibility index (Phi) is 3.86. The third-order valence-electron chi connectivity index (χ3n) is 4.54. The number of benzene rings is 2. The number of pyridine rings is 2. The summed E-state index contributed by atoms with van der Waals surface area (Å²) in [5.74, 6) is 0.713. The molecule has 0 aliphatic heterocycles. The van der Waals surface area contributed by atoms with Crippen molar-refractivity contribution in [3.8, 4) is 22.7 Å². The van der Waals surface area contributed by atoms with Crippen LogP contribution in [0, 0.1) is 0 Å². The Hall–Kier alpha value is -3.20. The van der Waals surface area contributed by atoms with E-state index in [1.165, 1.54) is 0 Å². The predicted octanol–water partition coefficient (Wildman–Crippen LogP) is 4.10. The Balaban J connectivity index is 1.92. The molecule has 2 radical (unpaired) electrons. The van der Waals surface area contributed by atoms with Crippen molar-refractivity contribution in [2.75, 3.05) is 0 Å². The second-order valence-corrected chi connectivity index (χ2v) is 6.33. The summed E-state index contributed by atoms with van der Waals surface area (Å²) >= 11 is 2.30. The van der Waals surface area contributed by atoms with Gasteiger partial charge in [-0.05, 0) is 30.3 Å². The van der Waals surface area contributed by atoms with Crippen LogP contribution in [0.4, 0.5) is 0 Å². The second-order valence-electron chi connectivity index (χ2n) is 6.10. The van der Waals surface area contributed by atoms with Crippen molar-refractivity contribution in [2.45, 2.75) is 0 Å². The van der Waals surface area contributed by atoms with Crippen molar-refractivity contribution in [1.82, 2.24) is 19.7 Å². The van der Waals surface area contributed by atoms with Crippen LogP contribution in [0.15, 0.2) is 79.1 Å². The largest absolute Gasteiger partial charge is 0.652 e. The maximum atomic E-state index is 5.49. The molecular weight excluding hydrogens is 351 g/mol. The number of hydrogen-bond acceptors (Lipinski definition) is 4. The van der Waals surface area contributed by atoms with Gasteiger partial charge >= 0.3 is 16.6 Å². The molecule has 0 aliphatic carbocycles. The molecule has 0 amide bonds. The van der Waals surface area contributed by atoms with Gasteiger partial charge < -0.3 is 3.79 Å². The molecule has 5 rings (SSSR count). The average Bonchev–Trinajstić information content (AvgIpc) is 3.12. The van der Waals surface area contributed by atoms with Crippen molar-refractivity contribution in [1.29, 1.82) is 0 Å². The zero-order valence-corrected chi connectivity index (χ0v) is 15.4. The van der Waals surface area contributed by atoms with Crippen LogP contribution >= 0.6 is 0 Å². The molecule has 0 aliphatic rings. The molecule has 5 nitrogen and oxygen atoms in total. The van der Waals surface area contributed by atoms with E-state index in [-0.39, 0.29) is 0 Å². The van der Waals surface area contributed by atoms with E-state index in [0.29, 0.717) is 5.75 Å². The van der Waals surface area contributed by atoms with Crippen molar-refractivity contribution >= 4 is 38.6 Å². The molecule has 0 spiro atoms. The molecule has 0 saturated carbocycles. The lowest BCUT2D eigenvalue weighted by molar-refractivity contribution is 0.607. The van der Waals surface area contributed by atoms with Crippen molar-refractivity contribution < 1.29 is 3.79 Å². The average molecular weight is 364 g/mol. The molecule has 3 heterocycles. The minimum Gasteiger partial charge on any atom is -0.652 e. The number of nitrogens with zero attached hydrogens (tertiary/aromatic N) is 4. The highest BCUT2D eigenvalue weighted by molar-refractivity contribution is 6.02. The Bertz CT molecular complexity index is 1280. The molecule has 27 heavy (non-hydrogen) atoms. The summed E-state index contributed by atoms with van der Waals surface area (Å²) in [6.07, 6.45) is 3.59. The van der Waals surface area contributed by atoms with Gasteiger partial charge in [-0.3, -0.25) is 9.97 Å². The summed E-state index contributed by atoms with van der Waals surface area (Å²) in [6.45, 7) is 0. The molecule has 0 saturated heterocycles. The van der Waals surface area contributed by atoms with Crippen LogP contribution in [0.3, 0.4) is 0 Å². The maximum absolute atomic E-state index is 5.49. The van der Waals surface area contributed by atoms with Crippen LogP contribution < -0.4 is 3.79 Å². The Morgan fingerprint density at radius 3 is 2.44 bits per heavy atom. The van der Waals surface area contributed by atoms with E-state index < -0.39 is 0 Å². The summed E-state index contributed by atoms with van der Waals surface area (Å²) in [4.78, 5) is 9.23. The summed E-state index contributed by atoms with van der Waals surface area (Å²) in [5, 5.41) is 5.88. The Labute approximate surface area is 164 Å². The van der Waals surface area contributed by atoms with Crippen LogP contribution in [-0.4, -0.2) is 36.4 Å². The van der Waals surface area contributed by atoms with Gasteiger partial charge in [0.1, 0.15) is 28.2 Å². The van der Waals surface area contributed by atoms with Gasteiger partial charge in [0.05, 0.1) is 5.52 Å². The van der Waals surface area contributed by atoms with Crippen molar-refractivity contribution in [3.05, 3.63) is 79.1 Å². The lowest BCUT2D eigenvalue weighted by Gasteiger charge is -2.14. The predicted molar refractivity (Wildman–Crippen MR) is 106 cm³/mol. The van der Waals surface area contributed by atoms with Crippen LogP contribution in [0.2, 0.25) is 0 Å². The molecule has 0 fully saturated rings. The maximum Gasteiger partial charge on any atom is 0.482 e. The minimum atomic E-state index is 0.713.